The number of rotatable bonds is 7. The smallest absolute Gasteiger partial charge is 0.345 e. The second-order valence-corrected chi connectivity index (χ2v) is 7.02. The number of carbonyl (C=O) groups is 1. The summed E-state index contributed by atoms with van der Waals surface area (Å²) in [6, 6.07) is 10.1. The fourth-order valence-electron chi connectivity index (χ4n) is 4.00. The number of carbonyl (C=O) groups excluding carboxylic acids is 1. The van der Waals surface area contributed by atoms with Crippen LogP contribution in [0.15, 0.2) is 30.3 Å². The molecular weight excluding hydrogens is 324 g/mol. The average Bonchev–Trinajstić information content (AvgIpc) is 2.72. The number of quaternary nitrogens is 1. The molecule has 0 aliphatic heterocycles. The molecule has 0 bridgehead atoms. The lowest BCUT2D eigenvalue weighted by molar-refractivity contribution is -0.135. The second-order valence-electron chi connectivity index (χ2n) is 7.02. The van der Waals surface area contributed by atoms with Crippen LogP contribution < -0.4 is 4.48 Å². The summed E-state index contributed by atoms with van der Waals surface area (Å²) >= 11 is 0. The van der Waals surface area contributed by atoms with Gasteiger partial charge in [0.15, 0.2) is 13.2 Å². The van der Waals surface area contributed by atoms with Crippen molar-refractivity contribution in [2.75, 3.05) is 32.8 Å². The van der Waals surface area contributed by atoms with Crippen LogP contribution in [0.1, 0.15) is 46.0 Å². The molecule has 1 aliphatic carbocycles. The summed E-state index contributed by atoms with van der Waals surface area (Å²) in [5.74, 6) is 6.40. The van der Waals surface area contributed by atoms with Crippen LogP contribution in [-0.4, -0.2) is 54.7 Å². The summed E-state index contributed by atoms with van der Waals surface area (Å²) in [4.78, 5) is 15.3. The molecule has 1 unspecified atom stereocenters. The van der Waals surface area contributed by atoms with Crippen LogP contribution in [0.4, 0.5) is 5.69 Å². The van der Waals surface area contributed by atoms with Crippen molar-refractivity contribution in [3.63, 3.8) is 0 Å². The Hall–Kier alpha value is -1.67. The highest BCUT2D eigenvalue weighted by atomic mass is 16.3. The minimum Gasteiger partial charge on any atom is -0.382 e. The van der Waals surface area contributed by atoms with Crippen molar-refractivity contribution < 1.29 is 9.90 Å². The van der Waals surface area contributed by atoms with Crippen LogP contribution in [0.3, 0.4) is 0 Å². The van der Waals surface area contributed by atoms with Gasteiger partial charge in [-0.05, 0) is 44.0 Å². The maximum absolute atomic E-state index is 13.0. The van der Waals surface area contributed by atoms with Gasteiger partial charge in [-0.15, -0.1) is 0 Å². The molecule has 2 rings (SSSR count). The Labute approximate surface area is 158 Å². The van der Waals surface area contributed by atoms with Crippen molar-refractivity contribution in [1.29, 1.82) is 0 Å². The molecule has 1 amide bonds. The van der Waals surface area contributed by atoms with Crippen molar-refractivity contribution in [3.05, 3.63) is 30.3 Å². The maximum atomic E-state index is 13.0. The molecule has 0 aromatic heterocycles. The van der Waals surface area contributed by atoms with E-state index in [9.17, 15) is 9.90 Å². The fraction of sp³-hybridized carbons (Fsp3) is 0.591. The summed E-state index contributed by atoms with van der Waals surface area (Å²) in [7, 11) is 0. The minimum absolute atomic E-state index is 0.139. The van der Waals surface area contributed by atoms with Gasteiger partial charge in [0.2, 0.25) is 0 Å². The number of hydrogen-bond donors (Lipinski definition) is 1. The van der Waals surface area contributed by atoms with Crippen LogP contribution in [-0.2, 0) is 4.79 Å². The predicted molar refractivity (Wildman–Crippen MR) is 108 cm³/mol. The molecule has 1 saturated carbocycles. The maximum Gasteiger partial charge on any atom is 0.345 e. The van der Waals surface area contributed by atoms with Crippen molar-refractivity contribution in [2.24, 2.45) is 0 Å². The first-order valence-corrected chi connectivity index (χ1v) is 9.94. The molecule has 1 aromatic rings. The average molecular weight is 358 g/mol. The lowest BCUT2D eigenvalue weighted by Gasteiger charge is -2.42. The van der Waals surface area contributed by atoms with Gasteiger partial charge in [-0.2, -0.15) is 0 Å². The van der Waals surface area contributed by atoms with Gasteiger partial charge in [0.1, 0.15) is 11.7 Å². The molecule has 4 nitrogen and oxygen atoms in total. The van der Waals surface area contributed by atoms with Gasteiger partial charge in [0, 0.05) is 12.8 Å². The van der Waals surface area contributed by atoms with E-state index in [1.54, 1.807) is 0 Å². The van der Waals surface area contributed by atoms with Crippen LogP contribution >= 0.6 is 0 Å². The van der Waals surface area contributed by atoms with Crippen molar-refractivity contribution >= 4 is 11.6 Å². The van der Waals surface area contributed by atoms with E-state index >= 15 is 0 Å². The highest BCUT2D eigenvalue weighted by Gasteiger charge is 2.45. The zero-order valence-electron chi connectivity index (χ0n) is 16.3. The fourth-order valence-corrected chi connectivity index (χ4v) is 4.00. The van der Waals surface area contributed by atoms with E-state index in [4.69, 9.17) is 0 Å². The van der Waals surface area contributed by atoms with Crippen LogP contribution in [0.25, 0.3) is 0 Å². The van der Waals surface area contributed by atoms with E-state index < -0.39 is 6.61 Å². The molecular formula is C22H33N2O2+. The quantitative estimate of drug-likeness (QED) is 0.602. The molecule has 4 heteroatoms. The Bertz CT molecular complexity index is 610. The summed E-state index contributed by atoms with van der Waals surface area (Å²) in [6.45, 7) is 6.93. The van der Waals surface area contributed by atoms with Crippen molar-refractivity contribution in [1.82, 2.24) is 9.38 Å². The van der Waals surface area contributed by atoms with Gasteiger partial charge >= 0.3 is 5.91 Å². The molecule has 0 heterocycles. The Morgan fingerprint density at radius 2 is 1.77 bits per heavy atom. The van der Waals surface area contributed by atoms with E-state index in [0.29, 0.717) is 6.54 Å². The number of aliphatic hydroxyl groups excluding tert-OH is 1. The molecule has 0 saturated heterocycles. The SMILES string of the molecule is CCN(CC)CC#CC[N+](C(=O)CO)(c1ccccc1)C1CCCCC1. The van der Waals surface area contributed by atoms with Crippen LogP contribution in [0, 0.1) is 11.8 Å². The molecule has 0 spiro atoms. The van der Waals surface area contributed by atoms with E-state index in [-0.39, 0.29) is 16.4 Å². The number of amides is 1. The van der Waals surface area contributed by atoms with Gasteiger partial charge in [-0.3, -0.25) is 4.90 Å². The third-order valence-electron chi connectivity index (χ3n) is 5.65. The zero-order chi connectivity index (χ0) is 18.8. The van der Waals surface area contributed by atoms with Crippen molar-refractivity contribution in [2.45, 2.75) is 52.0 Å². The Balaban J connectivity index is 2.36. The lowest BCUT2D eigenvalue weighted by atomic mass is 9.91. The summed E-state index contributed by atoms with van der Waals surface area (Å²) < 4.78 is 0.169. The third-order valence-corrected chi connectivity index (χ3v) is 5.65. The number of hydrogen-bond acceptors (Lipinski definition) is 3. The monoisotopic (exact) mass is 357 g/mol. The number of aliphatic hydroxyl groups is 1. The number of nitrogens with zero attached hydrogens (tertiary/aromatic N) is 2. The second kappa shape index (κ2) is 10.5. The molecule has 1 atom stereocenters. The lowest BCUT2D eigenvalue weighted by Crippen LogP contribution is -2.62. The van der Waals surface area contributed by atoms with Crippen LogP contribution in [0.5, 0.6) is 0 Å². The third kappa shape index (κ3) is 4.73. The van der Waals surface area contributed by atoms with E-state index in [1.807, 2.05) is 30.3 Å². The van der Waals surface area contributed by atoms with E-state index in [0.717, 1.165) is 51.0 Å². The van der Waals surface area contributed by atoms with Gasteiger partial charge in [0.05, 0.1) is 6.54 Å². The number of para-hydroxylation sites is 1. The van der Waals surface area contributed by atoms with Crippen molar-refractivity contribution in [3.8, 4) is 11.8 Å². The van der Waals surface area contributed by atoms with Crippen LogP contribution in [0.2, 0.25) is 0 Å². The molecule has 1 N–H and O–H groups in total. The first kappa shape index (κ1) is 20.6. The van der Waals surface area contributed by atoms with Gasteiger partial charge < -0.3 is 5.11 Å². The molecule has 142 valence electrons. The van der Waals surface area contributed by atoms with Gasteiger partial charge in [-0.1, -0.05) is 44.4 Å². The van der Waals surface area contributed by atoms with E-state index in [2.05, 4.69) is 30.6 Å². The molecule has 26 heavy (non-hydrogen) atoms. The topological polar surface area (TPSA) is 40.5 Å². The Morgan fingerprint density at radius 1 is 1.12 bits per heavy atom. The van der Waals surface area contributed by atoms with Gasteiger partial charge in [-0.25, -0.2) is 9.28 Å². The largest absolute Gasteiger partial charge is 0.382 e. The van der Waals surface area contributed by atoms with Gasteiger partial charge in [0.25, 0.3) is 0 Å². The number of benzene rings is 1. The Kier molecular flexibility index (Phi) is 8.31. The zero-order valence-corrected chi connectivity index (χ0v) is 16.3. The summed E-state index contributed by atoms with van der Waals surface area (Å²) in [5, 5.41) is 9.76. The summed E-state index contributed by atoms with van der Waals surface area (Å²) in [5.41, 5.74) is 0.954. The molecule has 1 aliphatic rings. The highest BCUT2D eigenvalue weighted by molar-refractivity contribution is 5.90. The summed E-state index contributed by atoms with van der Waals surface area (Å²) in [6.07, 6.45) is 5.54. The standard InChI is InChI=1S/C22H33N2O2/c1-3-23(4-2)17-11-12-18-24(22(26)19-25,20-13-7-5-8-14-20)21-15-9-6-10-16-21/h5,7-8,13-14,21,25H,3-4,6,9-10,15-19H2,1-2H3/q+1. The predicted octanol–water partition coefficient (Wildman–Crippen LogP) is 3.19. The van der Waals surface area contributed by atoms with E-state index in [1.165, 1.54) is 6.42 Å². The molecule has 1 aromatic carbocycles. The first-order chi connectivity index (χ1) is 12.7. The first-order valence-electron chi connectivity index (χ1n) is 9.94. The normalized spacial score (nSPS) is 17.4. The molecule has 1 fully saturated rings. The molecule has 0 radical (unpaired) electrons. The minimum atomic E-state index is -0.441. The highest BCUT2D eigenvalue weighted by Crippen LogP contribution is 2.34. The Morgan fingerprint density at radius 3 is 2.35 bits per heavy atom.